The van der Waals surface area contributed by atoms with Crippen LogP contribution in [0.5, 0.6) is 0 Å². The van der Waals surface area contributed by atoms with E-state index < -0.39 is 12.3 Å². The maximum Gasteiger partial charge on any atom is 0.368 e. The third-order valence-electron chi connectivity index (χ3n) is 1.62. The minimum atomic E-state index is -2.03. The molecule has 1 atom stereocenters. The molecule has 5 heteroatoms. The van der Waals surface area contributed by atoms with Crippen LogP contribution in [-0.2, 0) is 20.9 Å². The number of carbonyl (C=O) groups excluding carboxylic acids is 1. The molecule has 4 nitrogen and oxygen atoms in total. The topological polar surface area (TPSA) is 48.4 Å². The van der Waals surface area contributed by atoms with Crippen LogP contribution in [0.1, 0.15) is 12.5 Å². The summed E-state index contributed by atoms with van der Waals surface area (Å²) in [5.74, 6) is -0.994. The molecule has 15 heavy (non-hydrogen) atoms. The van der Waals surface area contributed by atoms with Gasteiger partial charge >= 0.3 is 5.97 Å². The Labute approximate surface area is 87.0 Å². The molecule has 0 aliphatic carbocycles. The number of ether oxygens (including phenoxy) is 2. The van der Waals surface area contributed by atoms with Crippen LogP contribution in [0.25, 0.3) is 0 Å². The normalized spacial score (nSPS) is 12.1. The molecule has 82 valence electrons. The molecule has 1 aromatic rings. The van der Waals surface area contributed by atoms with E-state index in [1.807, 2.05) is 0 Å². The van der Waals surface area contributed by atoms with Gasteiger partial charge in [-0.05, 0) is 24.6 Å². The molecule has 0 bridgehead atoms. The zero-order chi connectivity index (χ0) is 11.1. The fourth-order valence-electron chi connectivity index (χ4n) is 0.924. The van der Waals surface area contributed by atoms with Crippen LogP contribution in [0.3, 0.4) is 0 Å². The Balaban J connectivity index is 2.34. The first-order valence-electron chi connectivity index (χ1n) is 4.55. The van der Waals surface area contributed by atoms with Crippen molar-refractivity contribution in [2.45, 2.75) is 19.9 Å². The Morgan fingerprint density at radius 1 is 1.53 bits per heavy atom. The summed E-state index contributed by atoms with van der Waals surface area (Å²) >= 11 is 0. The highest BCUT2D eigenvalue weighted by atomic mass is 19.1. The van der Waals surface area contributed by atoms with Gasteiger partial charge in [0, 0.05) is 12.4 Å². The van der Waals surface area contributed by atoms with Crippen molar-refractivity contribution in [3.63, 3.8) is 0 Å². The molecule has 0 aromatic carbocycles. The Hall–Kier alpha value is -1.49. The lowest BCUT2D eigenvalue weighted by Crippen LogP contribution is -2.21. The van der Waals surface area contributed by atoms with Crippen molar-refractivity contribution in [1.82, 2.24) is 4.98 Å². The number of hydrogen-bond acceptors (Lipinski definition) is 4. The third-order valence-corrected chi connectivity index (χ3v) is 1.62. The summed E-state index contributed by atoms with van der Waals surface area (Å²) in [6, 6.07) is 3.36. The Kier molecular flexibility index (Phi) is 4.70. The van der Waals surface area contributed by atoms with Gasteiger partial charge in [-0.2, -0.15) is 0 Å². The molecule has 1 aromatic heterocycles. The molecule has 1 unspecified atom stereocenters. The van der Waals surface area contributed by atoms with Gasteiger partial charge in [0.15, 0.2) is 0 Å². The minimum Gasteiger partial charge on any atom is -0.462 e. The van der Waals surface area contributed by atoms with Crippen molar-refractivity contribution in [3.8, 4) is 0 Å². The largest absolute Gasteiger partial charge is 0.462 e. The Morgan fingerprint density at radius 3 is 2.80 bits per heavy atom. The van der Waals surface area contributed by atoms with Gasteiger partial charge in [-0.25, -0.2) is 9.18 Å². The van der Waals surface area contributed by atoms with E-state index in [1.165, 1.54) is 0 Å². The average Bonchev–Trinajstić information content (AvgIpc) is 2.27. The number of alkyl halides is 1. The summed E-state index contributed by atoms with van der Waals surface area (Å²) in [5, 5.41) is 0. The summed E-state index contributed by atoms with van der Waals surface area (Å²) in [4.78, 5) is 14.6. The van der Waals surface area contributed by atoms with Crippen LogP contribution in [0, 0.1) is 0 Å². The van der Waals surface area contributed by atoms with Crippen molar-refractivity contribution < 1.29 is 18.7 Å². The summed E-state index contributed by atoms with van der Waals surface area (Å²) in [6.45, 7) is 1.76. The van der Waals surface area contributed by atoms with E-state index in [9.17, 15) is 9.18 Å². The van der Waals surface area contributed by atoms with Crippen LogP contribution in [0.4, 0.5) is 4.39 Å². The monoisotopic (exact) mass is 213 g/mol. The van der Waals surface area contributed by atoms with Gasteiger partial charge in [0.2, 0.25) is 0 Å². The van der Waals surface area contributed by atoms with E-state index in [1.54, 1.807) is 31.5 Å². The van der Waals surface area contributed by atoms with Crippen LogP contribution in [0.2, 0.25) is 0 Å². The van der Waals surface area contributed by atoms with Crippen molar-refractivity contribution >= 4 is 5.97 Å². The van der Waals surface area contributed by atoms with Crippen LogP contribution < -0.4 is 0 Å². The number of pyridine rings is 1. The van der Waals surface area contributed by atoms with Gasteiger partial charge in [0.1, 0.15) is 0 Å². The first kappa shape index (κ1) is 11.6. The lowest BCUT2D eigenvalue weighted by atomic mass is 10.3. The molecule has 0 spiro atoms. The molecule has 0 saturated carbocycles. The molecule has 0 fully saturated rings. The Morgan fingerprint density at radius 2 is 2.20 bits per heavy atom. The van der Waals surface area contributed by atoms with Gasteiger partial charge in [-0.3, -0.25) is 4.98 Å². The quantitative estimate of drug-likeness (QED) is 0.695. The highest BCUT2D eigenvalue weighted by Gasteiger charge is 2.18. The SMILES string of the molecule is CCOC(=O)C(F)OCc1ccncc1. The number of esters is 1. The van der Waals surface area contributed by atoms with E-state index in [0.29, 0.717) is 0 Å². The summed E-state index contributed by atoms with van der Waals surface area (Å²) in [7, 11) is 0. The fourth-order valence-corrected chi connectivity index (χ4v) is 0.924. The van der Waals surface area contributed by atoms with Crippen LogP contribution >= 0.6 is 0 Å². The van der Waals surface area contributed by atoms with Gasteiger partial charge in [0.05, 0.1) is 13.2 Å². The highest BCUT2D eigenvalue weighted by Crippen LogP contribution is 2.04. The van der Waals surface area contributed by atoms with Gasteiger partial charge < -0.3 is 9.47 Å². The first-order chi connectivity index (χ1) is 7.24. The summed E-state index contributed by atoms with van der Waals surface area (Å²) in [5.41, 5.74) is 0.747. The van der Waals surface area contributed by atoms with Gasteiger partial charge in [-0.1, -0.05) is 0 Å². The van der Waals surface area contributed by atoms with Gasteiger partial charge in [0.25, 0.3) is 6.36 Å². The molecule has 0 aliphatic heterocycles. The number of halogens is 1. The van der Waals surface area contributed by atoms with E-state index in [2.05, 4.69) is 14.5 Å². The minimum absolute atomic E-state index is 0.0164. The van der Waals surface area contributed by atoms with Gasteiger partial charge in [-0.15, -0.1) is 0 Å². The number of carbonyl (C=O) groups is 1. The third kappa shape index (κ3) is 4.03. The predicted octanol–water partition coefficient (Wildman–Crippen LogP) is 1.46. The summed E-state index contributed by atoms with van der Waals surface area (Å²) in [6.07, 6.45) is 1.10. The van der Waals surface area contributed by atoms with Crippen LogP contribution in [0.15, 0.2) is 24.5 Å². The molecular weight excluding hydrogens is 201 g/mol. The van der Waals surface area contributed by atoms with Crippen molar-refractivity contribution in [2.24, 2.45) is 0 Å². The summed E-state index contributed by atoms with van der Waals surface area (Å²) < 4.78 is 22.1. The zero-order valence-electron chi connectivity index (χ0n) is 8.35. The van der Waals surface area contributed by atoms with E-state index in [4.69, 9.17) is 0 Å². The molecule has 0 radical (unpaired) electrons. The van der Waals surface area contributed by atoms with Crippen molar-refractivity contribution in [2.75, 3.05) is 6.61 Å². The van der Waals surface area contributed by atoms with Crippen molar-refractivity contribution in [1.29, 1.82) is 0 Å². The van der Waals surface area contributed by atoms with E-state index >= 15 is 0 Å². The molecular formula is C10H12FNO3. The number of nitrogens with zero attached hydrogens (tertiary/aromatic N) is 1. The van der Waals surface area contributed by atoms with E-state index in [0.717, 1.165) is 5.56 Å². The number of rotatable bonds is 5. The second kappa shape index (κ2) is 6.08. The number of hydrogen-bond donors (Lipinski definition) is 0. The van der Waals surface area contributed by atoms with Crippen LogP contribution in [-0.4, -0.2) is 23.9 Å². The second-order valence-electron chi connectivity index (χ2n) is 2.73. The molecule has 0 amide bonds. The average molecular weight is 213 g/mol. The standard InChI is InChI=1S/C10H12FNO3/c1-2-14-10(13)9(11)15-7-8-3-5-12-6-4-8/h3-6,9H,2,7H2,1H3. The second-order valence-corrected chi connectivity index (χ2v) is 2.73. The first-order valence-corrected chi connectivity index (χ1v) is 4.55. The molecule has 1 heterocycles. The number of aromatic nitrogens is 1. The molecule has 0 N–H and O–H groups in total. The zero-order valence-corrected chi connectivity index (χ0v) is 8.35. The highest BCUT2D eigenvalue weighted by molar-refractivity contribution is 5.72. The lowest BCUT2D eigenvalue weighted by Gasteiger charge is -2.08. The lowest BCUT2D eigenvalue weighted by molar-refractivity contribution is -0.170. The van der Waals surface area contributed by atoms with E-state index in [-0.39, 0.29) is 13.2 Å². The maximum atomic E-state index is 13.0. The smallest absolute Gasteiger partial charge is 0.368 e. The maximum absolute atomic E-state index is 13.0. The molecule has 1 rings (SSSR count). The molecule has 0 saturated heterocycles. The molecule has 0 aliphatic rings. The van der Waals surface area contributed by atoms with Crippen molar-refractivity contribution in [3.05, 3.63) is 30.1 Å². The predicted molar refractivity (Wildman–Crippen MR) is 50.6 cm³/mol. The fraction of sp³-hybridized carbons (Fsp3) is 0.400. The Bertz CT molecular complexity index is 305.